The van der Waals surface area contributed by atoms with E-state index in [0.29, 0.717) is 12.5 Å². The van der Waals surface area contributed by atoms with Crippen molar-refractivity contribution in [3.8, 4) is 0 Å². The van der Waals surface area contributed by atoms with Crippen molar-refractivity contribution >= 4 is 15.9 Å². The van der Waals surface area contributed by atoms with Gasteiger partial charge in [-0.3, -0.25) is 4.79 Å². The standard InChI is InChI=1S/C27H25F3N2O3S/c28-27(29,30)21-12-7-13-24(14-21)36(34,35)32-18-22-15-23(32)17-31(22)26(33)16-25(19-8-3-1-4-9-19)20-10-5-2-6-11-20/h1-14,22-23,25H,15-18H2/t22-,23-/m1/s1. The van der Waals surface area contributed by atoms with Gasteiger partial charge in [-0.2, -0.15) is 17.5 Å². The number of hydrogen-bond acceptors (Lipinski definition) is 3. The number of likely N-dealkylation sites (tertiary alicyclic amines) is 1. The zero-order valence-electron chi connectivity index (χ0n) is 19.3. The van der Waals surface area contributed by atoms with Gasteiger partial charge < -0.3 is 4.90 Å². The van der Waals surface area contributed by atoms with Crippen LogP contribution in [-0.4, -0.2) is 48.7 Å². The quantitative estimate of drug-likeness (QED) is 0.470. The molecule has 0 saturated carbocycles. The number of hydrogen-bond donors (Lipinski definition) is 0. The lowest BCUT2D eigenvalue weighted by molar-refractivity contribution is -0.137. The van der Waals surface area contributed by atoms with Gasteiger partial charge in [0.05, 0.1) is 10.5 Å². The molecule has 0 aliphatic carbocycles. The number of halogens is 3. The monoisotopic (exact) mass is 514 g/mol. The molecule has 9 heteroatoms. The van der Waals surface area contributed by atoms with Crippen molar-refractivity contribution in [1.29, 1.82) is 0 Å². The van der Waals surface area contributed by atoms with Crippen molar-refractivity contribution in [2.45, 2.75) is 41.9 Å². The van der Waals surface area contributed by atoms with Crippen LogP contribution in [0.15, 0.2) is 89.8 Å². The Morgan fingerprint density at radius 2 is 1.47 bits per heavy atom. The minimum absolute atomic E-state index is 0.0590. The van der Waals surface area contributed by atoms with Crippen LogP contribution in [0, 0.1) is 0 Å². The predicted octanol–water partition coefficient (Wildman–Crippen LogP) is 4.90. The molecule has 36 heavy (non-hydrogen) atoms. The van der Waals surface area contributed by atoms with Crippen LogP contribution >= 0.6 is 0 Å². The second-order valence-corrected chi connectivity index (χ2v) is 11.2. The molecule has 3 aromatic carbocycles. The third-order valence-electron chi connectivity index (χ3n) is 7.06. The Labute approximate surface area is 208 Å². The maximum atomic E-state index is 13.4. The minimum Gasteiger partial charge on any atom is -0.337 e. The highest BCUT2D eigenvalue weighted by Gasteiger charge is 2.50. The number of alkyl halides is 3. The van der Waals surface area contributed by atoms with Crippen LogP contribution in [0.25, 0.3) is 0 Å². The Kier molecular flexibility index (Phi) is 6.38. The summed E-state index contributed by atoms with van der Waals surface area (Å²) in [5.74, 6) is -0.194. The lowest BCUT2D eigenvalue weighted by Crippen LogP contribution is -2.50. The molecule has 2 saturated heterocycles. The van der Waals surface area contributed by atoms with Gasteiger partial charge in [-0.25, -0.2) is 8.42 Å². The summed E-state index contributed by atoms with van der Waals surface area (Å²) in [6.45, 7) is 0.314. The fourth-order valence-electron chi connectivity index (χ4n) is 5.29. The van der Waals surface area contributed by atoms with Gasteiger partial charge in [-0.05, 0) is 35.7 Å². The molecule has 2 fully saturated rings. The highest BCUT2D eigenvalue weighted by atomic mass is 32.2. The van der Waals surface area contributed by atoms with Crippen LogP contribution in [0.1, 0.15) is 35.4 Å². The molecule has 5 rings (SSSR count). The summed E-state index contributed by atoms with van der Waals surface area (Å²) in [6, 6.07) is 22.6. The molecule has 2 bridgehead atoms. The second-order valence-electron chi connectivity index (χ2n) is 9.27. The van der Waals surface area contributed by atoms with Crippen molar-refractivity contribution in [2.75, 3.05) is 13.1 Å². The molecular weight excluding hydrogens is 489 g/mol. The molecule has 188 valence electrons. The van der Waals surface area contributed by atoms with E-state index in [-0.39, 0.29) is 42.3 Å². The zero-order chi connectivity index (χ0) is 25.5. The van der Waals surface area contributed by atoms with Gasteiger partial charge in [0.25, 0.3) is 0 Å². The Bertz CT molecular complexity index is 1310. The van der Waals surface area contributed by atoms with Crippen LogP contribution in [0.4, 0.5) is 13.2 Å². The van der Waals surface area contributed by atoms with E-state index < -0.39 is 27.8 Å². The molecule has 1 amide bonds. The number of sulfonamides is 1. The molecule has 2 heterocycles. The van der Waals surface area contributed by atoms with Crippen molar-refractivity contribution in [3.05, 3.63) is 102 Å². The molecule has 2 atom stereocenters. The van der Waals surface area contributed by atoms with E-state index in [1.807, 2.05) is 60.7 Å². The summed E-state index contributed by atoms with van der Waals surface area (Å²) < 4.78 is 67.0. The Balaban J connectivity index is 1.32. The summed E-state index contributed by atoms with van der Waals surface area (Å²) in [4.78, 5) is 14.8. The molecule has 5 nitrogen and oxygen atoms in total. The number of carbonyl (C=O) groups excluding carboxylic acids is 1. The number of amides is 1. The number of benzene rings is 3. The molecule has 0 radical (unpaired) electrons. The number of rotatable bonds is 6. The lowest BCUT2D eigenvalue weighted by atomic mass is 9.88. The fourth-order valence-corrected chi connectivity index (χ4v) is 7.00. The van der Waals surface area contributed by atoms with Gasteiger partial charge in [0.15, 0.2) is 0 Å². The van der Waals surface area contributed by atoms with E-state index in [2.05, 4.69) is 0 Å². The van der Waals surface area contributed by atoms with E-state index in [4.69, 9.17) is 0 Å². The number of nitrogens with zero attached hydrogens (tertiary/aromatic N) is 2. The van der Waals surface area contributed by atoms with E-state index in [9.17, 15) is 26.4 Å². The highest BCUT2D eigenvalue weighted by molar-refractivity contribution is 7.89. The summed E-state index contributed by atoms with van der Waals surface area (Å²) in [5, 5.41) is 0. The van der Waals surface area contributed by atoms with Gasteiger partial charge in [-0.1, -0.05) is 66.7 Å². The average molecular weight is 515 g/mol. The normalized spacial score (nSPS) is 20.3. The first-order valence-electron chi connectivity index (χ1n) is 11.7. The Hall–Kier alpha value is -3.17. The highest BCUT2D eigenvalue weighted by Crippen LogP contribution is 2.38. The van der Waals surface area contributed by atoms with Crippen molar-refractivity contribution in [1.82, 2.24) is 9.21 Å². The summed E-state index contributed by atoms with van der Waals surface area (Å²) >= 11 is 0. The largest absolute Gasteiger partial charge is 0.416 e. The van der Waals surface area contributed by atoms with Gasteiger partial charge in [0, 0.05) is 37.5 Å². The second kappa shape index (κ2) is 9.37. The number of piperazine rings is 1. The SMILES string of the molecule is O=C(CC(c1ccccc1)c1ccccc1)N1C[C@H]2C[C@@H]1CN2S(=O)(=O)c1cccc(C(F)(F)F)c1. The average Bonchev–Trinajstić information content (AvgIpc) is 3.50. The fraction of sp³-hybridized carbons (Fsp3) is 0.296. The van der Waals surface area contributed by atoms with Crippen molar-refractivity contribution in [2.24, 2.45) is 0 Å². The van der Waals surface area contributed by atoms with Gasteiger partial charge in [-0.15, -0.1) is 0 Å². The number of carbonyl (C=O) groups is 1. The van der Waals surface area contributed by atoms with Crippen molar-refractivity contribution < 1.29 is 26.4 Å². The maximum Gasteiger partial charge on any atom is 0.416 e. The molecule has 2 aliphatic rings. The topological polar surface area (TPSA) is 57.7 Å². The van der Waals surface area contributed by atoms with Crippen LogP contribution in [0.3, 0.4) is 0 Å². The molecule has 2 aliphatic heterocycles. The van der Waals surface area contributed by atoms with Crippen LogP contribution in [0.2, 0.25) is 0 Å². The number of fused-ring (bicyclic) bond motifs is 2. The minimum atomic E-state index is -4.63. The van der Waals surface area contributed by atoms with Crippen LogP contribution in [-0.2, 0) is 21.0 Å². The zero-order valence-corrected chi connectivity index (χ0v) is 20.1. The summed E-state index contributed by atoms with van der Waals surface area (Å²) in [6.07, 6.45) is -3.91. The molecule has 0 unspecified atom stereocenters. The van der Waals surface area contributed by atoms with Gasteiger partial charge in [0.1, 0.15) is 0 Å². The predicted molar refractivity (Wildman–Crippen MR) is 129 cm³/mol. The van der Waals surface area contributed by atoms with Crippen molar-refractivity contribution in [3.63, 3.8) is 0 Å². The van der Waals surface area contributed by atoms with Gasteiger partial charge >= 0.3 is 6.18 Å². The first kappa shape index (κ1) is 24.5. The summed E-state index contributed by atoms with van der Waals surface area (Å²) in [7, 11) is -4.12. The lowest BCUT2D eigenvalue weighted by Gasteiger charge is -2.34. The third kappa shape index (κ3) is 4.65. The maximum absolute atomic E-state index is 13.4. The smallest absolute Gasteiger partial charge is 0.337 e. The summed E-state index contributed by atoms with van der Waals surface area (Å²) in [5.41, 5.74) is 1.04. The Morgan fingerprint density at radius 1 is 0.861 bits per heavy atom. The molecule has 3 aromatic rings. The third-order valence-corrected chi connectivity index (χ3v) is 8.98. The first-order valence-corrected chi connectivity index (χ1v) is 13.2. The van der Waals surface area contributed by atoms with E-state index >= 15 is 0 Å². The first-order chi connectivity index (χ1) is 17.1. The van der Waals surface area contributed by atoms with Gasteiger partial charge in [0.2, 0.25) is 15.9 Å². The van der Waals surface area contributed by atoms with E-state index in [0.717, 1.165) is 23.3 Å². The Morgan fingerprint density at radius 3 is 2.00 bits per heavy atom. The molecule has 0 spiro atoms. The molecular formula is C27H25F3N2O3S. The van der Waals surface area contributed by atoms with E-state index in [1.54, 1.807) is 4.90 Å². The van der Waals surface area contributed by atoms with Crippen LogP contribution < -0.4 is 0 Å². The van der Waals surface area contributed by atoms with Crippen LogP contribution in [0.5, 0.6) is 0 Å². The molecule has 0 aromatic heterocycles. The van der Waals surface area contributed by atoms with E-state index in [1.165, 1.54) is 10.4 Å². The molecule has 0 N–H and O–H groups in total.